The van der Waals surface area contributed by atoms with Gasteiger partial charge in [0, 0.05) is 4.90 Å². The first kappa shape index (κ1) is 19.5. The number of hydrogen-bond donors (Lipinski definition) is 1. The van der Waals surface area contributed by atoms with Crippen molar-refractivity contribution >= 4 is 39.3 Å². The minimum absolute atomic E-state index is 0.240. The van der Waals surface area contributed by atoms with Crippen LogP contribution < -0.4 is 5.56 Å². The molecule has 1 N–H and O–H groups in total. The Morgan fingerprint density at radius 2 is 2.11 bits per heavy atom. The normalized spacial score (nSPS) is 12.3. The molecule has 142 valence electrons. The van der Waals surface area contributed by atoms with Gasteiger partial charge in [-0.25, -0.2) is 18.6 Å². The molecule has 0 spiro atoms. The number of carbonyl (C=O) groups is 1. The van der Waals surface area contributed by atoms with Crippen LogP contribution in [0, 0.1) is 18.6 Å². The Hall–Kier alpha value is -2.26. The smallest absolute Gasteiger partial charge is 0.348 e. The van der Waals surface area contributed by atoms with Gasteiger partial charge in [-0.3, -0.25) is 4.79 Å². The lowest BCUT2D eigenvalue weighted by molar-refractivity contribution is 0.0531. The van der Waals surface area contributed by atoms with Gasteiger partial charge < -0.3 is 9.72 Å². The summed E-state index contributed by atoms with van der Waals surface area (Å²) in [4.78, 5) is 33.0. The number of ether oxygens (including phenoxy) is 1. The lowest BCUT2D eigenvalue weighted by atomic mass is 10.2. The lowest BCUT2D eigenvalue weighted by Crippen LogP contribution is -2.12. The molecule has 2 aromatic heterocycles. The molecule has 0 aliphatic heterocycles. The van der Waals surface area contributed by atoms with Gasteiger partial charge in [-0.2, -0.15) is 0 Å². The summed E-state index contributed by atoms with van der Waals surface area (Å²) in [5, 5.41) is 0.0391. The zero-order valence-electron chi connectivity index (χ0n) is 14.8. The first-order valence-corrected chi connectivity index (χ1v) is 9.83. The number of rotatable bonds is 5. The quantitative estimate of drug-likeness (QED) is 0.492. The summed E-state index contributed by atoms with van der Waals surface area (Å²) in [7, 11) is 0. The number of nitrogens with one attached hydrogen (secondary N) is 1. The van der Waals surface area contributed by atoms with Crippen LogP contribution in [0.4, 0.5) is 8.78 Å². The van der Waals surface area contributed by atoms with Gasteiger partial charge >= 0.3 is 5.97 Å². The van der Waals surface area contributed by atoms with Crippen LogP contribution in [-0.2, 0) is 4.74 Å². The van der Waals surface area contributed by atoms with Crippen molar-refractivity contribution in [2.45, 2.75) is 30.9 Å². The van der Waals surface area contributed by atoms with E-state index in [1.54, 1.807) is 20.8 Å². The zero-order chi connectivity index (χ0) is 19.7. The van der Waals surface area contributed by atoms with Crippen LogP contribution in [0.2, 0.25) is 0 Å². The van der Waals surface area contributed by atoms with E-state index in [0.29, 0.717) is 31.4 Å². The SMILES string of the molecule is CCOC(=O)c1sc2nc([C@H](C)Sc3ccc(F)c(F)c3)[nH]c(=O)c2c1C. The summed E-state index contributed by atoms with van der Waals surface area (Å²) in [6, 6.07) is 3.61. The van der Waals surface area contributed by atoms with E-state index < -0.39 is 17.6 Å². The Morgan fingerprint density at radius 1 is 1.37 bits per heavy atom. The number of aromatic amines is 1. The van der Waals surface area contributed by atoms with E-state index in [0.717, 1.165) is 23.5 Å². The van der Waals surface area contributed by atoms with Crippen molar-refractivity contribution in [1.82, 2.24) is 9.97 Å². The van der Waals surface area contributed by atoms with E-state index in [-0.39, 0.29) is 17.4 Å². The highest BCUT2D eigenvalue weighted by atomic mass is 32.2. The molecule has 0 amide bonds. The molecule has 0 saturated heterocycles. The van der Waals surface area contributed by atoms with Crippen molar-refractivity contribution < 1.29 is 18.3 Å². The summed E-state index contributed by atoms with van der Waals surface area (Å²) in [5.74, 6) is -1.94. The number of carbonyl (C=O) groups excluding carboxylic acids is 1. The maximum atomic E-state index is 13.4. The standard InChI is InChI=1S/C18H16F2N2O3S2/c1-4-25-18(24)14-8(2)13-16(23)21-15(22-17(13)27-14)9(3)26-10-5-6-11(19)12(20)7-10/h5-7,9H,4H2,1-3H3,(H,21,22,23)/t9-/m0/s1. The molecule has 9 heteroatoms. The average Bonchev–Trinajstić information content (AvgIpc) is 2.95. The van der Waals surface area contributed by atoms with Crippen LogP contribution in [0.5, 0.6) is 0 Å². The van der Waals surface area contributed by atoms with Gasteiger partial charge in [-0.15, -0.1) is 23.1 Å². The van der Waals surface area contributed by atoms with Gasteiger partial charge in [0.15, 0.2) is 11.6 Å². The predicted octanol–water partition coefficient (Wildman–Crippen LogP) is 4.60. The summed E-state index contributed by atoms with van der Waals surface area (Å²) in [5.41, 5.74) is 0.187. The van der Waals surface area contributed by atoms with E-state index in [1.807, 2.05) is 0 Å². The largest absolute Gasteiger partial charge is 0.462 e. The number of thioether (sulfide) groups is 1. The molecule has 0 aliphatic rings. The van der Waals surface area contributed by atoms with E-state index in [2.05, 4.69) is 9.97 Å². The van der Waals surface area contributed by atoms with Crippen LogP contribution in [0.1, 0.15) is 40.2 Å². The Morgan fingerprint density at radius 3 is 2.78 bits per heavy atom. The number of hydrogen-bond acceptors (Lipinski definition) is 6. The summed E-state index contributed by atoms with van der Waals surface area (Å²) < 4.78 is 31.5. The van der Waals surface area contributed by atoms with Crippen molar-refractivity contribution in [3.05, 3.63) is 56.5 Å². The summed E-state index contributed by atoms with van der Waals surface area (Å²) in [6.07, 6.45) is 0. The Labute approximate surface area is 161 Å². The molecule has 0 fully saturated rings. The summed E-state index contributed by atoms with van der Waals surface area (Å²) >= 11 is 2.34. The van der Waals surface area contributed by atoms with Crippen molar-refractivity contribution in [1.29, 1.82) is 0 Å². The highest BCUT2D eigenvalue weighted by molar-refractivity contribution is 7.99. The lowest BCUT2D eigenvalue weighted by Gasteiger charge is -2.10. The molecule has 0 aliphatic carbocycles. The molecule has 27 heavy (non-hydrogen) atoms. The molecule has 0 bridgehead atoms. The van der Waals surface area contributed by atoms with E-state index in [9.17, 15) is 18.4 Å². The Bertz CT molecular complexity index is 1080. The first-order valence-electron chi connectivity index (χ1n) is 8.14. The fourth-order valence-corrected chi connectivity index (χ4v) is 4.59. The van der Waals surface area contributed by atoms with Gasteiger partial charge in [-0.1, -0.05) is 0 Å². The molecule has 0 unspecified atom stereocenters. The molecule has 1 aromatic carbocycles. The number of nitrogens with zero attached hydrogens (tertiary/aromatic N) is 1. The minimum Gasteiger partial charge on any atom is -0.462 e. The average molecular weight is 410 g/mol. The van der Waals surface area contributed by atoms with Crippen molar-refractivity contribution in [3.63, 3.8) is 0 Å². The molecule has 0 radical (unpaired) electrons. The van der Waals surface area contributed by atoms with Gasteiger partial charge in [0.25, 0.3) is 5.56 Å². The third-order valence-electron chi connectivity index (χ3n) is 3.87. The van der Waals surface area contributed by atoms with Crippen LogP contribution in [0.3, 0.4) is 0 Å². The molecule has 5 nitrogen and oxygen atoms in total. The van der Waals surface area contributed by atoms with Crippen LogP contribution in [0.15, 0.2) is 27.9 Å². The third-order valence-corrected chi connectivity index (χ3v) is 6.14. The van der Waals surface area contributed by atoms with Gasteiger partial charge in [-0.05, 0) is 44.5 Å². The number of thiophene rings is 1. The number of aromatic nitrogens is 2. The Kier molecular flexibility index (Phi) is 5.61. The molecular formula is C18H16F2N2O3S2. The number of aryl methyl sites for hydroxylation is 1. The van der Waals surface area contributed by atoms with Crippen molar-refractivity contribution in [2.75, 3.05) is 6.61 Å². The van der Waals surface area contributed by atoms with Crippen molar-refractivity contribution in [2.24, 2.45) is 0 Å². The van der Waals surface area contributed by atoms with Gasteiger partial charge in [0.2, 0.25) is 0 Å². The van der Waals surface area contributed by atoms with Gasteiger partial charge in [0.1, 0.15) is 15.5 Å². The van der Waals surface area contributed by atoms with Crippen LogP contribution in [0.25, 0.3) is 10.2 Å². The first-order chi connectivity index (χ1) is 12.8. The monoisotopic (exact) mass is 410 g/mol. The van der Waals surface area contributed by atoms with E-state index in [4.69, 9.17) is 4.74 Å². The van der Waals surface area contributed by atoms with Gasteiger partial charge in [0.05, 0.1) is 17.2 Å². The highest BCUT2D eigenvalue weighted by Gasteiger charge is 2.21. The third kappa shape index (κ3) is 3.89. The number of fused-ring (bicyclic) bond motifs is 1. The predicted molar refractivity (Wildman–Crippen MR) is 102 cm³/mol. The molecule has 3 aromatic rings. The molecular weight excluding hydrogens is 394 g/mol. The second-order valence-electron chi connectivity index (χ2n) is 5.74. The summed E-state index contributed by atoms with van der Waals surface area (Å²) in [6.45, 7) is 5.42. The second kappa shape index (κ2) is 7.77. The highest BCUT2D eigenvalue weighted by Crippen LogP contribution is 2.35. The fourth-order valence-electron chi connectivity index (χ4n) is 2.55. The van der Waals surface area contributed by atoms with E-state index >= 15 is 0 Å². The van der Waals surface area contributed by atoms with Crippen LogP contribution in [-0.4, -0.2) is 22.5 Å². The molecule has 1 atom stereocenters. The minimum atomic E-state index is -0.933. The topological polar surface area (TPSA) is 72.0 Å². The number of benzene rings is 1. The maximum Gasteiger partial charge on any atom is 0.348 e. The zero-order valence-corrected chi connectivity index (χ0v) is 16.4. The molecule has 3 rings (SSSR count). The number of halogens is 2. The van der Waals surface area contributed by atoms with Crippen molar-refractivity contribution in [3.8, 4) is 0 Å². The fraction of sp³-hybridized carbons (Fsp3) is 0.278. The maximum absolute atomic E-state index is 13.4. The molecule has 0 saturated carbocycles. The Balaban J connectivity index is 1.96. The number of esters is 1. The molecule has 2 heterocycles. The van der Waals surface area contributed by atoms with Crippen LogP contribution >= 0.6 is 23.1 Å². The van der Waals surface area contributed by atoms with E-state index in [1.165, 1.54) is 17.8 Å². The number of H-pyrrole nitrogens is 1. The second-order valence-corrected chi connectivity index (χ2v) is 8.16.